The lowest BCUT2D eigenvalue weighted by atomic mass is 9.79. The van der Waals surface area contributed by atoms with E-state index in [1.165, 1.54) is 11.1 Å². The Kier molecular flexibility index (Phi) is 5.94. The predicted octanol–water partition coefficient (Wildman–Crippen LogP) is 4.44. The topological polar surface area (TPSA) is 49.4 Å². The number of hydrogen-bond acceptors (Lipinski definition) is 2. The van der Waals surface area contributed by atoms with Gasteiger partial charge in [0.2, 0.25) is 11.8 Å². The minimum Gasteiger partial charge on any atom is -0.353 e. The number of nitrogens with one attached hydrogen (secondary N) is 1. The first-order chi connectivity index (χ1) is 14.5. The molecule has 1 aliphatic carbocycles. The number of amides is 2. The van der Waals surface area contributed by atoms with E-state index < -0.39 is 5.41 Å². The SMILES string of the molecule is CC(C)NC(=O)[C@]1(Cc2ccc(-c3ccccc3)cc2)CCN(C(=O)C2CCC2)C1. The van der Waals surface area contributed by atoms with E-state index >= 15 is 0 Å². The molecule has 1 atom stereocenters. The largest absolute Gasteiger partial charge is 0.353 e. The van der Waals surface area contributed by atoms with Gasteiger partial charge in [-0.3, -0.25) is 9.59 Å². The summed E-state index contributed by atoms with van der Waals surface area (Å²) in [6, 6.07) is 18.9. The summed E-state index contributed by atoms with van der Waals surface area (Å²) >= 11 is 0. The van der Waals surface area contributed by atoms with Gasteiger partial charge in [0.05, 0.1) is 5.41 Å². The quantitative estimate of drug-likeness (QED) is 0.774. The van der Waals surface area contributed by atoms with E-state index in [-0.39, 0.29) is 23.8 Å². The van der Waals surface area contributed by atoms with E-state index in [0.717, 1.165) is 31.2 Å². The van der Waals surface area contributed by atoms with Crippen molar-refractivity contribution in [3.63, 3.8) is 0 Å². The van der Waals surface area contributed by atoms with Crippen LogP contribution < -0.4 is 5.32 Å². The molecule has 0 bridgehead atoms. The molecule has 0 aromatic heterocycles. The lowest BCUT2D eigenvalue weighted by Gasteiger charge is -2.32. The number of hydrogen-bond donors (Lipinski definition) is 1. The van der Waals surface area contributed by atoms with Crippen LogP contribution in [-0.2, 0) is 16.0 Å². The molecule has 1 aliphatic heterocycles. The molecule has 2 aromatic rings. The zero-order valence-electron chi connectivity index (χ0n) is 18.1. The molecule has 30 heavy (non-hydrogen) atoms. The molecule has 158 valence electrons. The van der Waals surface area contributed by atoms with Gasteiger partial charge in [-0.2, -0.15) is 0 Å². The first-order valence-corrected chi connectivity index (χ1v) is 11.2. The van der Waals surface area contributed by atoms with Gasteiger partial charge in [-0.1, -0.05) is 61.0 Å². The highest BCUT2D eigenvalue weighted by Gasteiger charge is 2.47. The summed E-state index contributed by atoms with van der Waals surface area (Å²) in [6.07, 6.45) is 4.54. The molecule has 0 unspecified atom stereocenters. The van der Waals surface area contributed by atoms with Gasteiger partial charge in [-0.15, -0.1) is 0 Å². The van der Waals surface area contributed by atoms with Crippen molar-refractivity contribution in [1.82, 2.24) is 10.2 Å². The van der Waals surface area contributed by atoms with E-state index in [2.05, 4.69) is 41.7 Å². The van der Waals surface area contributed by atoms with Crippen molar-refractivity contribution >= 4 is 11.8 Å². The normalized spacial score (nSPS) is 21.5. The summed E-state index contributed by atoms with van der Waals surface area (Å²) in [5.41, 5.74) is 2.96. The number of rotatable bonds is 6. The fraction of sp³-hybridized carbons (Fsp3) is 0.462. The van der Waals surface area contributed by atoms with Crippen LogP contribution in [-0.4, -0.2) is 35.8 Å². The molecule has 2 amide bonds. The van der Waals surface area contributed by atoms with Crippen molar-refractivity contribution in [2.75, 3.05) is 13.1 Å². The Bertz CT molecular complexity index is 887. The number of likely N-dealkylation sites (tertiary alicyclic amines) is 1. The van der Waals surface area contributed by atoms with Gasteiger partial charge in [0.25, 0.3) is 0 Å². The second-order valence-corrected chi connectivity index (χ2v) is 9.29. The molecule has 2 aromatic carbocycles. The predicted molar refractivity (Wildman–Crippen MR) is 120 cm³/mol. The van der Waals surface area contributed by atoms with Crippen LogP contribution in [0.1, 0.15) is 45.1 Å². The molecule has 2 aliphatic rings. The van der Waals surface area contributed by atoms with Crippen molar-refractivity contribution < 1.29 is 9.59 Å². The fourth-order valence-corrected chi connectivity index (χ4v) is 4.64. The van der Waals surface area contributed by atoms with Crippen LogP contribution in [0.3, 0.4) is 0 Å². The maximum absolute atomic E-state index is 13.2. The van der Waals surface area contributed by atoms with Crippen molar-refractivity contribution in [3.05, 3.63) is 60.2 Å². The maximum Gasteiger partial charge on any atom is 0.228 e. The fourth-order valence-electron chi connectivity index (χ4n) is 4.64. The van der Waals surface area contributed by atoms with E-state index in [1.54, 1.807) is 0 Å². The van der Waals surface area contributed by atoms with Gasteiger partial charge in [-0.05, 0) is 56.2 Å². The molecule has 4 heteroatoms. The van der Waals surface area contributed by atoms with Crippen LogP contribution in [0, 0.1) is 11.3 Å². The van der Waals surface area contributed by atoms with Crippen LogP contribution in [0.4, 0.5) is 0 Å². The van der Waals surface area contributed by atoms with Gasteiger partial charge in [0.1, 0.15) is 0 Å². The Morgan fingerprint density at radius 2 is 1.70 bits per heavy atom. The van der Waals surface area contributed by atoms with Crippen molar-refractivity contribution in [1.29, 1.82) is 0 Å². The summed E-state index contributed by atoms with van der Waals surface area (Å²) in [5.74, 6) is 0.507. The highest BCUT2D eigenvalue weighted by molar-refractivity contribution is 5.86. The molecule has 1 saturated heterocycles. The van der Waals surface area contributed by atoms with Crippen LogP contribution >= 0.6 is 0 Å². The minimum absolute atomic E-state index is 0.0774. The third-order valence-electron chi connectivity index (χ3n) is 6.62. The molecular formula is C26H32N2O2. The second kappa shape index (κ2) is 8.63. The van der Waals surface area contributed by atoms with E-state index in [0.29, 0.717) is 19.5 Å². The molecular weight excluding hydrogens is 372 g/mol. The molecule has 1 saturated carbocycles. The smallest absolute Gasteiger partial charge is 0.228 e. The Balaban J connectivity index is 1.53. The number of carbonyl (C=O) groups is 2. The Morgan fingerprint density at radius 3 is 2.30 bits per heavy atom. The standard InChI is InChI=1S/C26H32N2O2/c1-19(2)27-25(30)26(15-16-28(18-26)24(29)23-9-6-10-23)17-20-11-13-22(14-12-20)21-7-4-3-5-8-21/h3-5,7-8,11-14,19,23H,6,9-10,15-18H2,1-2H3,(H,27,30)/t26-/m0/s1. The maximum atomic E-state index is 13.2. The van der Waals surface area contributed by atoms with Crippen LogP contribution in [0.2, 0.25) is 0 Å². The summed E-state index contributed by atoms with van der Waals surface area (Å²) in [6.45, 7) is 5.20. The van der Waals surface area contributed by atoms with Crippen LogP contribution in [0.15, 0.2) is 54.6 Å². The van der Waals surface area contributed by atoms with Gasteiger partial charge < -0.3 is 10.2 Å². The molecule has 0 radical (unpaired) electrons. The second-order valence-electron chi connectivity index (χ2n) is 9.29. The van der Waals surface area contributed by atoms with Crippen molar-refractivity contribution in [2.24, 2.45) is 11.3 Å². The Hall–Kier alpha value is -2.62. The Labute approximate surface area is 179 Å². The highest BCUT2D eigenvalue weighted by Crippen LogP contribution is 2.38. The molecule has 2 fully saturated rings. The molecule has 1 heterocycles. The van der Waals surface area contributed by atoms with Gasteiger partial charge >= 0.3 is 0 Å². The zero-order chi connectivity index (χ0) is 21.1. The zero-order valence-corrected chi connectivity index (χ0v) is 18.1. The summed E-state index contributed by atoms with van der Waals surface area (Å²) in [5, 5.41) is 3.12. The lowest BCUT2D eigenvalue weighted by Crippen LogP contribution is -2.48. The number of carbonyl (C=O) groups excluding carboxylic acids is 2. The third kappa shape index (κ3) is 4.28. The van der Waals surface area contributed by atoms with E-state index in [9.17, 15) is 9.59 Å². The average Bonchev–Trinajstić information content (AvgIpc) is 3.13. The van der Waals surface area contributed by atoms with Crippen molar-refractivity contribution in [3.8, 4) is 11.1 Å². The lowest BCUT2D eigenvalue weighted by molar-refractivity contribution is -0.138. The molecule has 1 N–H and O–H groups in total. The minimum atomic E-state index is -0.544. The molecule has 4 rings (SSSR count). The van der Waals surface area contributed by atoms with Gasteiger partial charge in [0.15, 0.2) is 0 Å². The van der Waals surface area contributed by atoms with E-state index in [1.807, 2.05) is 36.9 Å². The number of nitrogens with zero attached hydrogens (tertiary/aromatic N) is 1. The van der Waals surface area contributed by atoms with Gasteiger partial charge in [-0.25, -0.2) is 0 Å². The highest BCUT2D eigenvalue weighted by atomic mass is 16.2. The van der Waals surface area contributed by atoms with Crippen LogP contribution in [0.5, 0.6) is 0 Å². The first-order valence-electron chi connectivity index (χ1n) is 11.2. The van der Waals surface area contributed by atoms with Gasteiger partial charge in [0, 0.05) is 25.0 Å². The molecule has 4 nitrogen and oxygen atoms in total. The Morgan fingerprint density at radius 1 is 1.03 bits per heavy atom. The summed E-state index contributed by atoms with van der Waals surface area (Å²) < 4.78 is 0. The summed E-state index contributed by atoms with van der Waals surface area (Å²) in [7, 11) is 0. The summed E-state index contributed by atoms with van der Waals surface area (Å²) in [4.78, 5) is 28.0. The number of benzene rings is 2. The first kappa shape index (κ1) is 20.6. The van der Waals surface area contributed by atoms with Crippen molar-refractivity contribution in [2.45, 2.75) is 52.0 Å². The average molecular weight is 405 g/mol. The van der Waals surface area contributed by atoms with E-state index in [4.69, 9.17) is 0 Å². The molecule has 0 spiro atoms. The monoisotopic (exact) mass is 404 g/mol. The van der Waals surface area contributed by atoms with Crippen LogP contribution in [0.25, 0.3) is 11.1 Å². The third-order valence-corrected chi connectivity index (χ3v) is 6.62.